The number of rotatable bonds is 13. The third-order valence-corrected chi connectivity index (χ3v) is 30.9. The summed E-state index contributed by atoms with van der Waals surface area (Å²) in [5.74, 6) is 0. The van der Waals surface area contributed by atoms with Gasteiger partial charge in [-0.25, -0.2) is 0 Å². The molecular weight excluding hydrogens is 1810 g/mol. The van der Waals surface area contributed by atoms with Crippen LogP contribution in [0.15, 0.2) is 570 Å². The second-order valence-electron chi connectivity index (χ2n) is 39.4. The van der Waals surface area contributed by atoms with E-state index in [1.807, 2.05) is 0 Å². The highest BCUT2D eigenvalue weighted by molar-refractivity contribution is 6.18. The van der Waals surface area contributed by atoms with Crippen LogP contribution in [0.1, 0.15) is 0 Å². The topological polar surface area (TPSA) is 29.6 Å². The van der Waals surface area contributed by atoms with Gasteiger partial charge in [-0.05, 0) is 275 Å². The highest BCUT2D eigenvalue weighted by atomic mass is 15.0. The van der Waals surface area contributed by atoms with Crippen molar-refractivity contribution in [1.29, 1.82) is 0 Å². The molecule has 25 aromatic carbocycles. The molecule has 0 unspecified atom stereocenters. The van der Waals surface area contributed by atoms with Gasteiger partial charge >= 0.3 is 0 Å². The van der Waals surface area contributed by atoms with Crippen molar-refractivity contribution in [3.05, 3.63) is 570 Å². The molecule has 0 aliphatic carbocycles. The van der Waals surface area contributed by atoms with Gasteiger partial charge in [0.1, 0.15) is 0 Å². The molecule has 0 aliphatic heterocycles. The first kappa shape index (κ1) is 86.7. The fourth-order valence-corrected chi connectivity index (χ4v) is 23.9. The Kier molecular flexibility index (Phi) is 20.9. The van der Waals surface area contributed by atoms with E-state index in [0.29, 0.717) is 0 Å². The zero-order chi connectivity index (χ0) is 98.8. The molecule has 0 fully saturated rings. The van der Waals surface area contributed by atoms with Gasteiger partial charge in [-0.3, -0.25) is 0 Å². The lowest BCUT2D eigenvalue weighted by molar-refractivity contribution is 1.18. The predicted molar refractivity (Wildman–Crippen MR) is 636 cm³/mol. The number of hydrogen-bond donors (Lipinski definition) is 0. The molecule has 0 bridgehead atoms. The maximum Gasteiger partial charge on any atom is 0.0541 e. The summed E-state index contributed by atoms with van der Waals surface area (Å²) in [6, 6.07) is 208. The number of nitrogens with zero attached hydrogens (tertiary/aromatic N) is 6. The Balaban J connectivity index is 0.000000106. The summed E-state index contributed by atoms with van der Waals surface area (Å²) in [6.07, 6.45) is 0. The maximum absolute atomic E-state index is 2.44. The first-order valence-corrected chi connectivity index (χ1v) is 51.6. The van der Waals surface area contributed by atoms with E-state index in [4.69, 9.17) is 0 Å². The van der Waals surface area contributed by atoms with Crippen LogP contribution in [0.2, 0.25) is 0 Å². The Labute approximate surface area is 866 Å². The van der Waals surface area contributed by atoms with Crippen molar-refractivity contribution in [3.63, 3.8) is 0 Å². The fraction of sp³-hybridized carbons (Fsp3) is 0. The van der Waals surface area contributed by atoms with Crippen molar-refractivity contribution >= 4 is 163 Å². The lowest BCUT2D eigenvalue weighted by Gasteiger charge is -2.14. The molecule has 0 N–H and O–H groups in total. The van der Waals surface area contributed by atoms with Crippen molar-refractivity contribution in [1.82, 2.24) is 27.4 Å². The van der Waals surface area contributed by atoms with Crippen LogP contribution < -0.4 is 0 Å². The number of para-hydroxylation sites is 6. The SMILES string of the molecule is c1ccc(-c2cc(-c3ccccc3)cc(-n3c4ccccc4c4cc(-c5ccc6c(c5)c5ccccc5n6-c5ccc6ccccc6c5)ccc43)c2)cc1.c1ccc(-c2ccc(-n3c4ccccc4c4cc(-c5ccc6c(c5)c5ccccc5n6-c5cccc6ccccc56)ccc43)cc2)cc1.c1ccc(-c2cccc(-n3c4ccccc4c4cc(-c5ccc6c(c5)c5ccccc5n6-c5cccc6ccccc56)ccc43)c2)cc1. The summed E-state index contributed by atoms with van der Waals surface area (Å²) in [7, 11) is 0. The van der Waals surface area contributed by atoms with E-state index in [9.17, 15) is 0 Å². The summed E-state index contributed by atoms with van der Waals surface area (Å²) in [6.45, 7) is 0. The molecule has 0 saturated carbocycles. The summed E-state index contributed by atoms with van der Waals surface area (Å²) < 4.78 is 14.5. The van der Waals surface area contributed by atoms with Crippen LogP contribution in [0, 0.1) is 0 Å². The Morgan fingerprint density at radius 3 is 0.673 bits per heavy atom. The molecule has 6 heteroatoms. The summed E-state index contributed by atoms with van der Waals surface area (Å²) >= 11 is 0. The van der Waals surface area contributed by atoms with Crippen LogP contribution in [-0.4, -0.2) is 27.4 Å². The molecule has 0 amide bonds. The third kappa shape index (κ3) is 14.8. The largest absolute Gasteiger partial charge is 0.309 e. The van der Waals surface area contributed by atoms with Gasteiger partial charge in [0, 0.05) is 98.2 Å². The minimum Gasteiger partial charge on any atom is -0.309 e. The Morgan fingerprint density at radius 2 is 0.307 bits per heavy atom. The molecule has 0 aliphatic rings. The molecule has 31 aromatic rings. The van der Waals surface area contributed by atoms with Gasteiger partial charge < -0.3 is 27.4 Å². The van der Waals surface area contributed by atoms with Crippen LogP contribution in [0.4, 0.5) is 0 Å². The van der Waals surface area contributed by atoms with Crippen LogP contribution in [-0.2, 0) is 0 Å². The second kappa shape index (κ2) is 36.1. The standard InChI is InChI=1S/C52H34N2.2C46H30N2/c1-3-13-35(14-4-1)41-29-42(36-15-5-2-6-16-36)32-44(31-41)54-50-22-12-10-20-46(50)48-34-40(25-28-52(48)54)39-24-27-51-47(33-39)45-19-9-11-21-49(45)53(51)43-26-23-37-17-7-8-18-38(37)30-43;1-2-12-31(13-3-1)33-16-10-17-36(28-33)47-43-21-8-6-19-38(43)40-29-34(24-26-45(40)47)35-25-27-46-41(30-35)39-20-7-9-22-44(39)48(46)42-23-11-15-32-14-4-5-18-37(32)42;1-2-11-31(12-3-1)32-21-25-36(26-22-32)47-43-18-8-6-16-38(43)40-29-34(23-27-45(40)47)35-24-28-46-41(30-35)39-17-7-9-19-44(39)48(46)42-20-10-14-33-13-4-5-15-37(33)42/h1-34H;2*1-30H. The van der Waals surface area contributed by atoms with E-state index in [1.165, 1.54) is 258 Å². The van der Waals surface area contributed by atoms with Gasteiger partial charge in [0.15, 0.2) is 0 Å². The van der Waals surface area contributed by atoms with Gasteiger partial charge in [-0.2, -0.15) is 0 Å². The van der Waals surface area contributed by atoms with Crippen molar-refractivity contribution in [2.75, 3.05) is 0 Å². The highest BCUT2D eigenvalue weighted by Crippen LogP contribution is 2.47. The lowest BCUT2D eigenvalue weighted by atomic mass is 9.98. The molecule has 700 valence electrons. The molecule has 6 aromatic heterocycles. The van der Waals surface area contributed by atoms with E-state index >= 15 is 0 Å². The van der Waals surface area contributed by atoms with Gasteiger partial charge in [-0.1, -0.05) is 394 Å². The first-order valence-electron chi connectivity index (χ1n) is 51.6. The molecule has 0 atom stereocenters. The second-order valence-corrected chi connectivity index (χ2v) is 39.4. The summed E-state index contributed by atoms with van der Waals surface area (Å²) in [5, 5.41) is 22.6. The number of aromatic nitrogens is 6. The number of fused-ring (bicyclic) bond motifs is 21. The summed E-state index contributed by atoms with van der Waals surface area (Å²) in [5.41, 5.74) is 38.6. The minimum absolute atomic E-state index is 1.15. The van der Waals surface area contributed by atoms with Gasteiger partial charge in [0.05, 0.1) is 77.6 Å². The summed E-state index contributed by atoms with van der Waals surface area (Å²) in [4.78, 5) is 0. The molecule has 6 heterocycles. The Hall–Kier alpha value is -19.9. The molecule has 6 nitrogen and oxygen atoms in total. The lowest BCUT2D eigenvalue weighted by Crippen LogP contribution is -1.96. The van der Waals surface area contributed by atoms with E-state index in [0.717, 1.165) is 17.1 Å². The van der Waals surface area contributed by atoms with Gasteiger partial charge in [0.25, 0.3) is 0 Å². The van der Waals surface area contributed by atoms with E-state index in [2.05, 4.69) is 598 Å². The fourth-order valence-electron chi connectivity index (χ4n) is 23.9. The maximum atomic E-state index is 2.44. The van der Waals surface area contributed by atoms with Crippen molar-refractivity contribution in [2.45, 2.75) is 0 Å². The Bertz CT molecular complexity index is 10700. The van der Waals surface area contributed by atoms with E-state index < -0.39 is 0 Å². The van der Waals surface area contributed by atoms with Crippen LogP contribution in [0.5, 0.6) is 0 Å². The minimum atomic E-state index is 1.15. The number of benzene rings is 25. The van der Waals surface area contributed by atoms with Crippen molar-refractivity contribution in [3.8, 4) is 112 Å². The number of hydrogen-bond acceptors (Lipinski definition) is 0. The van der Waals surface area contributed by atoms with Gasteiger partial charge in [-0.15, -0.1) is 0 Å². The van der Waals surface area contributed by atoms with Crippen molar-refractivity contribution < 1.29 is 0 Å². The van der Waals surface area contributed by atoms with Crippen molar-refractivity contribution in [2.24, 2.45) is 0 Å². The predicted octanol–water partition coefficient (Wildman–Crippen LogP) is 38.8. The van der Waals surface area contributed by atoms with Crippen LogP contribution in [0.25, 0.3) is 275 Å². The van der Waals surface area contributed by atoms with Gasteiger partial charge in [0.2, 0.25) is 0 Å². The zero-order valence-corrected chi connectivity index (χ0v) is 82.0. The Morgan fingerprint density at radius 1 is 0.0867 bits per heavy atom. The van der Waals surface area contributed by atoms with E-state index in [-0.39, 0.29) is 0 Å². The monoisotopic (exact) mass is 1910 g/mol. The van der Waals surface area contributed by atoms with Crippen LogP contribution in [0.3, 0.4) is 0 Å². The normalized spacial score (nSPS) is 11.7. The zero-order valence-electron chi connectivity index (χ0n) is 82.0. The molecule has 0 radical (unpaired) electrons. The molecule has 150 heavy (non-hydrogen) atoms. The first-order chi connectivity index (χ1) is 74.4. The average molecular weight is 1910 g/mol. The molecule has 31 rings (SSSR count). The third-order valence-electron chi connectivity index (χ3n) is 30.9. The quantitative estimate of drug-likeness (QED) is 0.110. The highest BCUT2D eigenvalue weighted by Gasteiger charge is 2.25. The smallest absolute Gasteiger partial charge is 0.0541 e. The molecule has 0 spiro atoms. The average Bonchev–Trinajstić information content (AvgIpc) is 1.58. The van der Waals surface area contributed by atoms with E-state index in [1.54, 1.807) is 0 Å². The molecule has 0 saturated heterocycles. The molecular formula is C144H94N6. The van der Waals surface area contributed by atoms with Crippen LogP contribution >= 0.6 is 0 Å².